The molecule has 0 fully saturated rings. The Bertz CT molecular complexity index is 535. The van der Waals surface area contributed by atoms with Crippen molar-refractivity contribution in [2.45, 2.75) is 13.3 Å². The molecular weight excluding hydrogens is 214 g/mol. The maximum Gasteiger partial charge on any atom is 0.355 e. The van der Waals surface area contributed by atoms with Gasteiger partial charge in [0.25, 0.3) is 0 Å². The molecule has 0 aliphatic heterocycles. The molecule has 3 nitrogen and oxygen atoms in total. The van der Waals surface area contributed by atoms with Crippen LogP contribution in [0.4, 0.5) is 0 Å². The first-order valence-corrected chi connectivity index (χ1v) is 5.50. The quantitative estimate of drug-likeness (QED) is 0.876. The first kappa shape index (κ1) is 11.3. The van der Waals surface area contributed by atoms with E-state index in [-0.39, 0.29) is 5.69 Å². The Kier molecular flexibility index (Phi) is 3.19. The summed E-state index contributed by atoms with van der Waals surface area (Å²) in [5, 5.41) is 9.18. The summed E-state index contributed by atoms with van der Waals surface area (Å²) >= 11 is 0. The van der Waals surface area contributed by atoms with Gasteiger partial charge in [-0.2, -0.15) is 0 Å². The van der Waals surface area contributed by atoms with E-state index in [1.54, 1.807) is 6.20 Å². The van der Waals surface area contributed by atoms with Crippen LogP contribution in [0.25, 0.3) is 11.1 Å². The molecule has 0 aliphatic rings. The number of benzene rings is 1. The molecule has 1 heterocycles. The van der Waals surface area contributed by atoms with Crippen molar-refractivity contribution in [2.24, 2.45) is 0 Å². The van der Waals surface area contributed by atoms with Crippen molar-refractivity contribution in [1.29, 1.82) is 0 Å². The highest BCUT2D eigenvalue weighted by atomic mass is 16.4. The van der Waals surface area contributed by atoms with Crippen molar-refractivity contribution < 1.29 is 9.90 Å². The zero-order valence-electron chi connectivity index (χ0n) is 9.55. The third-order valence-corrected chi connectivity index (χ3v) is 2.68. The van der Waals surface area contributed by atoms with Gasteiger partial charge in [0.2, 0.25) is 0 Å². The van der Waals surface area contributed by atoms with Crippen LogP contribution in [-0.2, 0) is 6.42 Å². The number of carboxylic acid groups (broad SMARTS) is 1. The average molecular weight is 227 g/mol. The topological polar surface area (TPSA) is 50.2 Å². The second-order valence-corrected chi connectivity index (χ2v) is 3.72. The van der Waals surface area contributed by atoms with Gasteiger partial charge in [0.05, 0.1) is 0 Å². The molecule has 0 aliphatic carbocycles. The predicted molar refractivity (Wildman–Crippen MR) is 66.0 cm³/mol. The molecule has 0 saturated carbocycles. The maximum atomic E-state index is 11.2. The number of aryl methyl sites for hydroxylation is 1. The Morgan fingerprint density at radius 1 is 1.24 bits per heavy atom. The van der Waals surface area contributed by atoms with Gasteiger partial charge in [-0.15, -0.1) is 0 Å². The van der Waals surface area contributed by atoms with Gasteiger partial charge in [-0.1, -0.05) is 37.3 Å². The Morgan fingerprint density at radius 2 is 1.94 bits per heavy atom. The number of aromatic carboxylic acids is 1. The number of nitrogens with zero attached hydrogens (tertiary/aromatic N) is 1. The van der Waals surface area contributed by atoms with Crippen molar-refractivity contribution >= 4 is 5.97 Å². The summed E-state index contributed by atoms with van der Waals surface area (Å²) in [6, 6.07) is 11.4. The van der Waals surface area contributed by atoms with Crippen LogP contribution in [0.1, 0.15) is 23.0 Å². The normalized spacial score (nSPS) is 10.2. The molecule has 3 heteroatoms. The summed E-state index contributed by atoms with van der Waals surface area (Å²) in [5.41, 5.74) is 2.75. The molecule has 86 valence electrons. The van der Waals surface area contributed by atoms with E-state index in [4.69, 9.17) is 0 Å². The minimum atomic E-state index is -0.987. The molecule has 0 amide bonds. The number of carboxylic acids is 1. The smallest absolute Gasteiger partial charge is 0.355 e. The van der Waals surface area contributed by atoms with Crippen LogP contribution in [0.3, 0.4) is 0 Å². The lowest BCUT2D eigenvalue weighted by atomic mass is 9.97. The van der Waals surface area contributed by atoms with E-state index >= 15 is 0 Å². The van der Waals surface area contributed by atoms with E-state index in [0.29, 0.717) is 0 Å². The maximum absolute atomic E-state index is 11.2. The number of pyridine rings is 1. The van der Waals surface area contributed by atoms with Gasteiger partial charge in [0, 0.05) is 11.8 Å². The van der Waals surface area contributed by atoms with E-state index in [1.165, 1.54) is 0 Å². The van der Waals surface area contributed by atoms with Crippen LogP contribution >= 0.6 is 0 Å². The third-order valence-electron chi connectivity index (χ3n) is 2.68. The minimum Gasteiger partial charge on any atom is -0.476 e. The van der Waals surface area contributed by atoms with Crippen molar-refractivity contribution in [3.8, 4) is 11.1 Å². The lowest BCUT2D eigenvalue weighted by Gasteiger charge is -2.10. The molecule has 1 N–H and O–H groups in total. The molecule has 0 atom stereocenters. The van der Waals surface area contributed by atoms with Crippen LogP contribution in [0.5, 0.6) is 0 Å². The molecule has 0 unspecified atom stereocenters. The van der Waals surface area contributed by atoms with Gasteiger partial charge in [-0.3, -0.25) is 0 Å². The van der Waals surface area contributed by atoms with E-state index < -0.39 is 5.97 Å². The highest BCUT2D eigenvalue weighted by Gasteiger charge is 2.15. The SMILES string of the molecule is CCc1ccnc(C(=O)O)c1-c1ccccc1. The van der Waals surface area contributed by atoms with Crippen molar-refractivity contribution in [2.75, 3.05) is 0 Å². The van der Waals surface area contributed by atoms with Crippen LogP contribution in [-0.4, -0.2) is 16.1 Å². The molecule has 0 spiro atoms. The summed E-state index contributed by atoms with van der Waals surface area (Å²) in [6.07, 6.45) is 2.34. The largest absolute Gasteiger partial charge is 0.476 e. The number of aromatic nitrogens is 1. The monoisotopic (exact) mass is 227 g/mol. The van der Waals surface area contributed by atoms with Crippen LogP contribution in [0.2, 0.25) is 0 Å². The van der Waals surface area contributed by atoms with Crippen LogP contribution < -0.4 is 0 Å². The summed E-state index contributed by atoms with van der Waals surface area (Å²) in [7, 11) is 0. The molecule has 17 heavy (non-hydrogen) atoms. The zero-order chi connectivity index (χ0) is 12.3. The fourth-order valence-electron chi connectivity index (χ4n) is 1.89. The Balaban J connectivity index is 2.69. The Hall–Kier alpha value is -2.16. The van der Waals surface area contributed by atoms with Gasteiger partial charge >= 0.3 is 5.97 Å². The van der Waals surface area contributed by atoms with Crippen molar-refractivity contribution in [1.82, 2.24) is 4.98 Å². The molecule has 1 aromatic heterocycles. The highest BCUT2D eigenvalue weighted by Crippen LogP contribution is 2.26. The van der Waals surface area contributed by atoms with Crippen molar-refractivity contribution in [3.05, 3.63) is 53.9 Å². The van der Waals surface area contributed by atoms with Gasteiger partial charge in [-0.05, 0) is 23.6 Å². The van der Waals surface area contributed by atoms with Crippen molar-refractivity contribution in [3.63, 3.8) is 0 Å². The van der Waals surface area contributed by atoms with Gasteiger partial charge in [0.15, 0.2) is 5.69 Å². The summed E-state index contributed by atoms with van der Waals surface area (Å²) in [6.45, 7) is 2.01. The van der Waals surface area contributed by atoms with E-state index in [1.807, 2.05) is 43.3 Å². The fourth-order valence-corrected chi connectivity index (χ4v) is 1.89. The zero-order valence-corrected chi connectivity index (χ0v) is 9.55. The second kappa shape index (κ2) is 4.78. The average Bonchev–Trinajstić information content (AvgIpc) is 2.38. The lowest BCUT2D eigenvalue weighted by molar-refractivity contribution is 0.0691. The third kappa shape index (κ3) is 2.18. The molecule has 0 radical (unpaired) electrons. The molecule has 2 rings (SSSR count). The van der Waals surface area contributed by atoms with Crippen LogP contribution in [0.15, 0.2) is 42.6 Å². The summed E-state index contributed by atoms with van der Waals surface area (Å²) < 4.78 is 0. The Labute approximate surface area is 99.8 Å². The summed E-state index contributed by atoms with van der Waals surface area (Å²) in [5.74, 6) is -0.987. The molecule has 0 bridgehead atoms. The minimum absolute atomic E-state index is 0.121. The highest BCUT2D eigenvalue weighted by molar-refractivity contribution is 5.94. The molecule has 0 saturated heterocycles. The van der Waals surface area contributed by atoms with Crippen LogP contribution in [0, 0.1) is 0 Å². The van der Waals surface area contributed by atoms with E-state index in [9.17, 15) is 9.90 Å². The van der Waals surface area contributed by atoms with E-state index in [0.717, 1.165) is 23.1 Å². The first-order valence-electron chi connectivity index (χ1n) is 5.50. The molecule has 1 aromatic carbocycles. The number of rotatable bonds is 3. The van der Waals surface area contributed by atoms with Gasteiger partial charge in [0.1, 0.15) is 0 Å². The predicted octanol–water partition coefficient (Wildman–Crippen LogP) is 3.01. The standard InChI is InChI=1S/C14H13NO2/c1-2-10-8-9-15-13(14(16)17)12(10)11-6-4-3-5-7-11/h3-9H,2H2,1H3,(H,16,17). The molecular formula is C14H13NO2. The number of carbonyl (C=O) groups is 1. The van der Waals surface area contributed by atoms with Gasteiger partial charge < -0.3 is 5.11 Å². The number of hydrogen-bond acceptors (Lipinski definition) is 2. The lowest BCUT2D eigenvalue weighted by Crippen LogP contribution is -2.05. The summed E-state index contributed by atoms with van der Waals surface area (Å²) in [4.78, 5) is 15.2. The van der Waals surface area contributed by atoms with E-state index in [2.05, 4.69) is 4.98 Å². The van der Waals surface area contributed by atoms with Gasteiger partial charge in [-0.25, -0.2) is 9.78 Å². The Morgan fingerprint density at radius 3 is 2.53 bits per heavy atom. The fraction of sp³-hybridized carbons (Fsp3) is 0.143. The first-order chi connectivity index (χ1) is 8.24. The number of hydrogen-bond donors (Lipinski definition) is 1. The second-order valence-electron chi connectivity index (χ2n) is 3.72. The molecule has 2 aromatic rings.